The number of carbonyl (C=O) groups is 1. The molecular weight excluding hydrogens is 511 g/mol. The summed E-state index contributed by atoms with van der Waals surface area (Å²) < 4.78 is 16.7. The number of ether oxygens (including phenoxy) is 3. The van der Waals surface area contributed by atoms with Crippen LogP contribution in [0.25, 0.3) is 0 Å². The molecule has 0 heterocycles. The first-order valence-electron chi connectivity index (χ1n) is 9.92. The number of rotatable bonds is 10. The van der Waals surface area contributed by atoms with Crippen LogP contribution in [0.1, 0.15) is 20.8 Å². The molecule has 0 unspecified atom stereocenters. The smallest absolute Gasteiger partial charge is 0.221 e. The van der Waals surface area contributed by atoms with Crippen LogP contribution in [0.15, 0.2) is 47.5 Å². The number of methoxy groups -OCH3 is 1. The summed E-state index contributed by atoms with van der Waals surface area (Å²) in [6.07, 6.45) is 0. The first kappa shape index (κ1) is 26.3. The van der Waals surface area contributed by atoms with E-state index in [1.165, 1.54) is 6.92 Å². The topological polar surface area (TPSA) is 93.2 Å². The van der Waals surface area contributed by atoms with Crippen LogP contribution in [0.4, 0.5) is 11.4 Å². The SMILES string of the molecule is CCNC(=NCCOc1cccc(NC(C)=O)c1)Nc1ccc(OC)c(OCC)c1.I. The standard InChI is InChI=1S/C22H30N4O4.HI/c1-5-23-22(26-18-10-11-20(28-4)21(15-18)29-6-2)24-12-13-30-19-9-7-8-17(14-19)25-16(3)27;/h7-11,14-15H,5-6,12-13H2,1-4H3,(H,25,27)(H2,23,24,26);1H. The molecule has 0 saturated carbocycles. The van der Waals surface area contributed by atoms with E-state index in [-0.39, 0.29) is 29.9 Å². The van der Waals surface area contributed by atoms with E-state index in [2.05, 4.69) is 20.9 Å². The van der Waals surface area contributed by atoms with Gasteiger partial charge in [0.05, 0.1) is 20.3 Å². The van der Waals surface area contributed by atoms with Gasteiger partial charge in [0.2, 0.25) is 5.91 Å². The lowest BCUT2D eigenvalue weighted by atomic mass is 10.2. The molecule has 0 aromatic heterocycles. The fraction of sp³-hybridized carbons (Fsp3) is 0.364. The van der Waals surface area contributed by atoms with Crippen molar-refractivity contribution in [2.24, 2.45) is 4.99 Å². The van der Waals surface area contributed by atoms with Gasteiger partial charge >= 0.3 is 0 Å². The minimum atomic E-state index is -0.121. The van der Waals surface area contributed by atoms with Gasteiger partial charge in [0, 0.05) is 37.0 Å². The number of hydrogen-bond donors (Lipinski definition) is 3. The fourth-order valence-electron chi connectivity index (χ4n) is 2.65. The summed E-state index contributed by atoms with van der Waals surface area (Å²) in [6.45, 7) is 7.52. The summed E-state index contributed by atoms with van der Waals surface area (Å²) in [7, 11) is 1.61. The Morgan fingerprint density at radius 1 is 1.00 bits per heavy atom. The van der Waals surface area contributed by atoms with Crippen LogP contribution in [0, 0.1) is 0 Å². The molecule has 0 bridgehead atoms. The molecule has 0 aliphatic heterocycles. The van der Waals surface area contributed by atoms with Crippen molar-refractivity contribution in [3.8, 4) is 17.2 Å². The van der Waals surface area contributed by atoms with Crippen molar-refractivity contribution in [1.29, 1.82) is 0 Å². The van der Waals surface area contributed by atoms with Crippen molar-refractivity contribution >= 4 is 47.2 Å². The van der Waals surface area contributed by atoms with Gasteiger partial charge in [-0.25, -0.2) is 4.99 Å². The number of anilines is 2. The molecule has 0 saturated heterocycles. The number of amides is 1. The zero-order valence-electron chi connectivity index (χ0n) is 18.4. The lowest BCUT2D eigenvalue weighted by molar-refractivity contribution is -0.114. The molecule has 2 rings (SSSR count). The number of nitrogens with one attached hydrogen (secondary N) is 3. The molecule has 0 aliphatic rings. The highest BCUT2D eigenvalue weighted by atomic mass is 127. The number of hydrogen-bond acceptors (Lipinski definition) is 5. The average molecular weight is 542 g/mol. The fourth-order valence-corrected chi connectivity index (χ4v) is 2.65. The van der Waals surface area contributed by atoms with E-state index in [4.69, 9.17) is 14.2 Å². The highest BCUT2D eigenvalue weighted by Gasteiger charge is 2.07. The predicted octanol–water partition coefficient (Wildman–Crippen LogP) is 4.13. The van der Waals surface area contributed by atoms with Crippen molar-refractivity contribution in [3.05, 3.63) is 42.5 Å². The Morgan fingerprint density at radius 2 is 1.77 bits per heavy atom. The molecule has 170 valence electrons. The second-order valence-corrected chi connectivity index (χ2v) is 6.24. The van der Waals surface area contributed by atoms with Gasteiger partial charge in [0.15, 0.2) is 17.5 Å². The van der Waals surface area contributed by atoms with Crippen LogP contribution in [0.3, 0.4) is 0 Å². The number of halogens is 1. The number of guanidine groups is 1. The molecule has 8 nitrogen and oxygen atoms in total. The Kier molecular flexibility index (Phi) is 12.2. The number of aliphatic imine (C=N–C) groups is 1. The van der Waals surface area contributed by atoms with Gasteiger partial charge in [-0.05, 0) is 38.1 Å². The first-order valence-corrected chi connectivity index (χ1v) is 9.92. The van der Waals surface area contributed by atoms with Gasteiger partial charge in [0.1, 0.15) is 12.4 Å². The highest BCUT2D eigenvalue weighted by molar-refractivity contribution is 14.0. The quantitative estimate of drug-likeness (QED) is 0.181. The number of carbonyl (C=O) groups excluding carboxylic acids is 1. The molecule has 31 heavy (non-hydrogen) atoms. The Balaban J connectivity index is 0.00000480. The lowest BCUT2D eigenvalue weighted by Gasteiger charge is -2.14. The van der Waals surface area contributed by atoms with Crippen molar-refractivity contribution in [1.82, 2.24) is 5.32 Å². The van der Waals surface area contributed by atoms with Crippen molar-refractivity contribution in [3.63, 3.8) is 0 Å². The second kappa shape index (κ2) is 14.3. The van der Waals surface area contributed by atoms with Gasteiger partial charge in [-0.1, -0.05) is 6.07 Å². The lowest BCUT2D eigenvalue weighted by Crippen LogP contribution is -2.31. The van der Waals surface area contributed by atoms with Gasteiger partial charge in [0.25, 0.3) is 0 Å². The molecule has 0 spiro atoms. The van der Waals surface area contributed by atoms with Crippen LogP contribution in [-0.4, -0.2) is 45.3 Å². The number of nitrogens with zero attached hydrogens (tertiary/aromatic N) is 1. The molecule has 2 aromatic carbocycles. The van der Waals surface area contributed by atoms with Crippen molar-refractivity contribution in [2.75, 3.05) is 44.0 Å². The summed E-state index contributed by atoms with van der Waals surface area (Å²) in [5.41, 5.74) is 1.53. The van der Waals surface area contributed by atoms with Gasteiger partial charge in [-0.3, -0.25) is 4.79 Å². The van der Waals surface area contributed by atoms with E-state index < -0.39 is 0 Å². The third-order valence-corrected chi connectivity index (χ3v) is 3.85. The van der Waals surface area contributed by atoms with Crippen LogP contribution in [0.5, 0.6) is 17.2 Å². The summed E-state index contributed by atoms with van der Waals surface area (Å²) in [5, 5.41) is 9.20. The molecule has 0 aliphatic carbocycles. The van der Waals surface area contributed by atoms with Crippen LogP contribution >= 0.6 is 24.0 Å². The Bertz CT molecular complexity index is 861. The van der Waals surface area contributed by atoms with Gasteiger partial charge in [-0.2, -0.15) is 0 Å². The largest absolute Gasteiger partial charge is 0.493 e. The maximum Gasteiger partial charge on any atom is 0.221 e. The Morgan fingerprint density at radius 3 is 2.45 bits per heavy atom. The van der Waals surface area contributed by atoms with E-state index in [0.29, 0.717) is 48.7 Å². The maximum atomic E-state index is 11.2. The minimum Gasteiger partial charge on any atom is -0.493 e. The van der Waals surface area contributed by atoms with Gasteiger partial charge in [-0.15, -0.1) is 24.0 Å². The van der Waals surface area contributed by atoms with Crippen LogP contribution in [0.2, 0.25) is 0 Å². The molecule has 0 fully saturated rings. The minimum absolute atomic E-state index is 0. The number of benzene rings is 2. The predicted molar refractivity (Wildman–Crippen MR) is 135 cm³/mol. The van der Waals surface area contributed by atoms with Crippen molar-refractivity contribution in [2.45, 2.75) is 20.8 Å². The first-order chi connectivity index (χ1) is 14.5. The highest BCUT2D eigenvalue weighted by Crippen LogP contribution is 2.30. The van der Waals surface area contributed by atoms with E-state index in [9.17, 15) is 4.79 Å². The zero-order valence-corrected chi connectivity index (χ0v) is 20.7. The van der Waals surface area contributed by atoms with E-state index in [0.717, 1.165) is 12.2 Å². The molecular formula is C22H31IN4O4. The van der Waals surface area contributed by atoms with E-state index in [1.807, 2.05) is 50.2 Å². The third kappa shape index (κ3) is 9.33. The van der Waals surface area contributed by atoms with Gasteiger partial charge < -0.3 is 30.2 Å². The maximum absolute atomic E-state index is 11.2. The Hall–Kier alpha value is -2.69. The third-order valence-electron chi connectivity index (χ3n) is 3.85. The Labute approximate surface area is 200 Å². The molecule has 9 heteroatoms. The molecule has 3 N–H and O–H groups in total. The normalized spacial score (nSPS) is 10.5. The van der Waals surface area contributed by atoms with Crippen LogP contribution in [-0.2, 0) is 4.79 Å². The summed E-state index contributed by atoms with van der Waals surface area (Å²) >= 11 is 0. The average Bonchev–Trinajstić information content (AvgIpc) is 2.71. The molecule has 1 amide bonds. The summed E-state index contributed by atoms with van der Waals surface area (Å²) in [4.78, 5) is 15.7. The zero-order chi connectivity index (χ0) is 21.8. The summed E-state index contributed by atoms with van der Waals surface area (Å²) in [5.74, 6) is 2.54. The summed E-state index contributed by atoms with van der Waals surface area (Å²) in [6, 6.07) is 12.9. The monoisotopic (exact) mass is 542 g/mol. The second-order valence-electron chi connectivity index (χ2n) is 6.24. The van der Waals surface area contributed by atoms with E-state index >= 15 is 0 Å². The molecule has 0 radical (unpaired) electrons. The molecule has 0 atom stereocenters. The molecule has 2 aromatic rings. The van der Waals surface area contributed by atoms with Crippen molar-refractivity contribution < 1.29 is 19.0 Å². The van der Waals surface area contributed by atoms with E-state index in [1.54, 1.807) is 13.2 Å². The van der Waals surface area contributed by atoms with Crippen LogP contribution < -0.4 is 30.2 Å².